The summed E-state index contributed by atoms with van der Waals surface area (Å²) in [5, 5.41) is 7.30. The number of rotatable bonds is 5. The molecule has 1 heterocycles. The van der Waals surface area contributed by atoms with E-state index < -0.39 is 0 Å². The second-order valence-electron chi connectivity index (χ2n) is 3.26. The van der Waals surface area contributed by atoms with Crippen LogP contribution in [0.3, 0.4) is 0 Å². The summed E-state index contributed by atoms with van der Waals surface area (Å²) in [5.74, 6) is -0.342. The lowest BCUT2D eigenvalue weighted by atomic mass is 10.1. The van der Waals surface area contributed by atoms with E-state index in [-0.39, 0.29) is 5.97 Å². The van der Waals surface area contributed by atoms with E-state index in [1.165, 1.54) is 18.7 Å². The smallest absolute Gasteiger partial charge is 0.331 e. The van der Waals surface area contributed by atoms with Gasteiger partial charge >= 0.3 is 5.97 Å². The molecule has 0 saturated heterocycles. The number of ether oxygens (including phenoxy) is 1. The monoisotopic (exact) mass is 225 g/mol. The summed E-state index contributed by atoms with van der Waals surface area (Å²) in [6.07, 6.45) is 3.96. The maximum atomic E-state index is 10.8. The van der Waals surface area contributed by atoms with E-state index >= 15 is 0 Å². The molecular formula is C11H15NO2S. The Morgan fingerprint density at radius 3 is 3.13 bits per heavy atom. The summed E-state index contributed by atoms with van der Waals surface area (Å²) in [4.78, 5) is 10.8. The number of methoxy groups -OCH3 is 1. The number of carbonyl (C=O) groups is 1. The molecule has 1 rings (SSSR count). The Bertz CT molecular complexity index is 319. The van der Waals surface area contributed by atoms with Crippen LogP contribution in [0.2, 0.25) is 0 Å². The van der Waals surface area contributed by atoms with E-state index in [1.807, 2.05) is 0 Å². The molecule has 1 aromatic rings. The van der Waals surface area contributed by atoms with Crippen molar-refractivity contribution in [3.63, 3.8) is 0 Å². The fourth-order valence-corrected chi connectivity index (χ4v) is 1.85. The van der Waals surface area contributed by atoms with Gasteiger partial charge in [0.05, 0.1) is 7.11 Å². The van der Waals surface area contributed by atoms with E-state index in [4.69, 9.17) is 0 Å². The Morgan fingerprint density at radius 1 is 1.73 bits per heavy atom. The number of thiophene rings is 1. The zero-order valence-corrected chi connectivity index (χ0v) is 9.71. The molecule has 3 nitrogen and oxygen atoms in total. The first-order valence-electron chi connectivity index (χ1n) is 4.74. The SMILES string of the molecule is COC(=O)/C=C/NC(C)Cc1ccsc1. The standard InChI is InChI=1S/C11H15NO2S/c1-9(7-10-4-6-15-8-10)12-5-3-11(13)14-2/h3-6,8-9,12H,7H2,1-2H3/b5-3+. The van der Waals surface area contributed by atoms with Gasteiger partial charge in [0.1, 0.15) is 0 Å². The zero-order chi connectivity index (χ0) is 11.1. The highest BCUT2D eigenvalue weighted by molar-refractivity contribution is 7.07. The summed E-state index contributed by atoms with van der Waals surface area (Å²) in [7, 11) is 1.36. The Hall–Kier alpha value is -1.29. The highest BCUT2D eigenvalue weighted by Crippen LogP contribution is 2.08. The molecule has 0 fully saturated rings. The number of carbonyl (C=O) groups excluding carboxylic acids is 1. The first-order valence-corrected chi connectivity index (χ1v) is 5.68. The molecule has 0 aliphatic rings. The summed E-state index contributed by atoms with van der Waals surface area (Å²) >= 11 is 1.69. The summed E-state index contributed by atoms with van der Waals surface area (Å²) in [6, 6.07) is 2.41. The predicted molar refractivity (Wildman–Crippen MR) is 61.8 cm³/mol. The molecule has 1 unspecified atom stereocenters. The van der Waals surface area contributed by atoms with Gasteiger partial charge in [0.2, 0.25) is 0 Å². The highest BCUT2D eigenvalue weighted by atomic mass is 32.1. The van der Waals surface area contributed by atoms with Crippen LogP contribution in [0, 0.1) is 0 Å². The minimum atomic E-state index is -0.342. The summed E-state index contributed by atoms with van der Waals surface area (Å²) in [5.41, 5.74) is 1.31. The van der Waals surface area contributed by atoms with Gasteiger partial charge in [-0.3, -0.25) is 0 Å². The summed E-state index contributed by atoms with van der Waals surface area (Å²) < 4.78 is 4.47. The molecule has 0 saturated carbocycles. The van der Waals surface area contributed by atoms with Gasteiger partial charge in [-0.05, 0) is 35.7 Å². The van der Waals surface area contributed by atoms with Gasteiger partial charge in [-0.25, -0.2) is 4.79 Å². The highest BCUT2D eigenvalue weighted by Gasteiger charge is 2.01. The van der Waals surface area contributed by atoms with Gasteiger partial charge < -0.3 is 10.1 Å². The van der Waals surface area contributed by atoms with Gasteiger partial charge in [-0.2, -0.15) is 11.3 Å². The van der Waals surface area contributed by atoms with Crippen LogP contribution in [-0.2, 0) is 16.0 Å². The number of hydrogen-bond acceptors (Lipinski definition) is 4. The van der Waals surface area contributed by atoms with E-state index in [2.05, 4.69) is 33.8 Å². The van der Waals surface area contributed by atoms with E-state index in [1.54, 1.807) is 17.5 Å². The van der Waals surface area contributed by atoms with Crippen molar-refractivity contribution >= 4 is 17.3 Å². The van der Waals surface area contributed by atoms with E-state index in [0.29, 0.717) is 6.04 Å². The normalized spacial score (nSPS) is 12.7. The Kier molecular flexibility index (Phi) is 4.90. The van der Waals surface area contributed by atoms with Crippen molar-refractivity contribution in [2.45, 2.75) is 19.4 Å². The average molecular weight is 225 g/mol. The molecular weight excluding hydrogens is 210 g/mol. The number of nitrogens with one attached hydrogen (secondary N) is 1. The third-order valence-corrected chi connectivity index (χ3v) is 2.66. The molecule has 0 bridgehead atoms. The van der Waals surface area contributed by atoms with Gasteiger partial charge in [0.15, 0.2) is 0 Å². The first kappa shape index (κ1) is 11.8. The van der Waals surface area contributed by atoms with E-state index in [9.17, 15) is 4.79 Å². The lowest BCUT2D eigenvalue weighted by molar-refractivity contribution is -0.134. The van der Waals surface area contributed by atoms with Crippen LogP contribution in [0.5, 0.6) is 0 Å². The first-order chi connectivity index (χ1) is 7.22. The molecule has 0 amide bonds. The molecule has 0 aliphatic carbocycles. The fourth-order valence-electron chi connectivity index (χ4n) is 1.17. The zero-order valence-electron chi connectivity index (χ0n) is 8.90. The molecule has 1 N–H and O–H groups in total. The maximum absolute atomic E-state index is 10.8. The van der Waals surface area contributed by atoms with Crippen LogP contribution >= 0.6 is 11.3 Å². The Morgan fingerprint density at radius 2 is 2.53 bits per heavy atom. The molecule has 1 aromatic heterocycles. The van der Waals surface area contributed by atoms with Crippen LogP contribution in [0.4, 0.5) is 0 Å². The van der Waals surface area contributed by atoms with Crippen LogP contribution in [-0.4, -0.2) is 19.1 Å². The average Bonchev–Trinajstić information content (AvgIpc) is 2.70. The van der Waals surface area contributed by atoms with Crippen molar-refractivity contribution in [1.82, 2.24) is 5.32 Å². The molecule has 15 heavy (non-hydrogen) atoms. The van der Waals surface area contributed by atoms with Gasteiger partial charge in [0, 0.05) is 18.3 Å². The minimum absolute atomic E-state index is 0.306. The quantitative estimate of drug-likeness (QED) is 0.615. The molecule has 82 valence electrons. The minimum Gasteiger partial charge on any atom is -0.466 e. The van der Waals surface area contributed by atoms with Crippen LogP contribution in [0.15, 0.2) is 29.1 Å². The van der Waals surface area contributed by atoms with Crippen LogP contribution in [0.1, 0.15) is 12.5 Å². The van der Waals surface area contributed by atoms with Crippen molar-refractivity contribution < 1.29 is 9.53 Å². The van der Waals surface area contributed by atoms with Crippen molar-refractivity contribution in [2.24, 2.45) is 0 Å². The Labute approximate surface area is 93.8 Å². The van der Waals surface area contributed by atoms with E-state index in [0.717, 1.165) is 6.42 Å². The Balaban J connectivity index is 2.27. The lowest BCUT2D eigenvalue weighted by Crippen LogP contribution is -2.22. The van der Waals surface area contributed by atoms with Crippen molar-refractivity contribution in [2.75, 3.05) is 7.11 Å². The third kappa shape index (κ3) is 4.65. The summed E-state index contributed by atoms with van der Waals surface area (Å²) in [6.45, 7) is 2.07. The topological polar surface area (TPSA) is 38.3 Å². The van der Waals surface area contributed by atoms with Crippen LogP contribution < -0.4 is 5.32 Å². The van der Waals surface area contributed by atoms with Crippen LogP contribution in [0.25, 0.3) is 0 Å². The number of hydrogen-bond donors (Lipinski definition) is 1. The van der Waals surface area contributed by atoms with Crippen molar-refractivity contribution in [3.05, 3.63) is 34.7 Å². The second-order valence-corrected chi connectivity index (χ2v) is 4.04. The predicted octanol–water partition coefficient (Wildman–Crippen LogP) is 1.96. The fraction of sp³-hybridized carbons (Fsp3) is 0.364. The van der Waals surface area contributed by atoms with Gasteiger partial charge in [-0.1, -0.05) is 0 Å². The largest absolute Gasteiger partial charge is 0.466 e. The van der Waals surface area contributed by atoms with Crippen molar-refractivity contribution in [3.8, 4) is 0 Å². The molecule has 0 radical (unpaired) electrons. The molecule has 4 heteroatoms. The third-order valence-electron chi connectivity index (χ3n) is 1.92. The molecule has 0 spiro atoms. The van der Waals surface area contributed by atoms with Gasteiger partial charge in [0.25, 0.3) is 0 Å². The van der Waals surface area contributed by atoms with Crippen molar-refractivity contribution in [1.29, 1.82) is 0 Å². The molecule has 0 aromatic carbocycles. The number of esters is 1. The maximum Gasteiger partial charge on any atom is 0.331 e. The second kappa shape index (κ2) is 6.24. The van der Waals surface area contributed by atoms with Gasteiger partial charge in [-0.15, -0.1) is 0 Å². The lowest BCUT2D eigenvalue weighted by Gasteiger charge is -2.09. The molecule has 0 aliphatic heterocycles. The molecule has 1 atom stereocenters.